The van der Waals surface area contributed by atoms with E-state index in [2.05, 4.69) is 5.10 Å². The van der Waals surface area contributed by atoms with Crippen molar-refractivity contribution in [2.24, 2.45) is 7.05 Å². The van der Waals surface area contributed by atoms with Crippen molar-refractivity contribution in [3.8, 4) is 0 Å². The highest BCUT2D eigenvalue weighted by Crippen LogP contribution is 2.34. The summed E-state index contributed by atoms with van der Waals surface area (Å²) in [6.07, 6.45) is 0. The Morgan fingerprint density at radius 3 is 2.50 bits per heavy atom. The topological polar surface area (TPSA) is 50.7 Å². The van der Waals surface area contributed by atoms with Crippen molar-refractivity contribution >= 4 is 11.8 Å². The fourth-order valence-electron chi connectivity index (χ4n) is 0.527. The molecule has 12 heavy (non-hydrogen) atoms. The van der Waals surface area contributed by atoms with Crippen LogP contribution in [0.5, 0.6) is 0 Å². The number of hydrogen-bond donors (Lipinski definition) is 1. The summed E-state index contributed by atoms with van der Waals surface area (Å²) in [6, 6.07) is 0. The van der Waals surface area contributed by atoms with Crippen molar-refractivity contribution in [2.75, 3.05) is 0 Å². The van der Waals surface area contributed by atoms with Crippen molar-refractivity contribution in [2.45, 2.75) is 10.7 Å². The second-order valence-corrected chi connectivity index (χ2v) is 2.95. The normalized spacial score (nSPS) is 12.0. The van der Waals surface area contributed by atoms with E-state index in [4.69, 9.17) is 0 Å². The SMILES string of the molecule is Cn1c(SC(F)(F)F)n[nH]c1=O. The number of thioether (sulfide) groups is 1. The standard InChI is InChI=1S/C4H4F3N3OS/c1-10-2(11)8-9-3(10)12-4(5,6)7/h1H3,(H,8,11). The molecule has 0 spiro atoms. The van der Waals surface area contributed by atoms with E-state index in [1.807, 2.05) is 5.10 Å². The molecule has 0 bridgehead atoms. The first-order chi connectivity index (χ1) is 5.40. The first-order valence-electron chi connectivity index (χ1n) is 2.77. The highest BCUT2D eigenvalue weighted by molar-refractivity contribution is 8.00. The lowest BCUT2D eigenvalue weighted by Gasteiger charge is -2.02. The van der Waals surface area contributed by atoms with Gasteiger partial charge in [0.2, 0.25) is 0 Å². The molecule has 0 saturated heterocycles. The number of aromatic amines is 1. The Bertz CT molecular complexity index is 327. The molecule has 0 aliphatic heterocycles. The summed E-state index contributed by atoms with van der Waals surface area (Å²) < 4.78 is 36.0. The van der Waals surface area contributed by atoms with E-state index in [1.54, 1.807) is 0 Å². The van der Waals surface area contributed by atoms with E-state index in [1.165, 1.54) is 7.05 Å². The van der Waals surface area contributed by atoms with Gasteiger partial charge in [-0.1, -0.05) is 0 Å². The molecule has 0 amide bonds. The van der Waals surface area contributed by atoms with Gasteiger partial charge in [0.1, 0.15) is 0 Å². The predicted octanol–water partition coefficient (Wildman–Crippen LogP) is 0.720. The van der Waals surface area contributed by atoms with E-state index >= 15 is 0 Å². The quantitative estimate of drug-likeness (QED) is 0.678. The van der Waals surface area contributed by atoms with Crippen molar-refractivity contribution in [1.29, 1.82) is 0 Å². The minimum atomic E-state index is -4.42. The summed E-state index contributed by atoms with van der Waals surface area (Å²) >= 11 is -0.431. The fourth-order valence-corrected chi connectivity index (χ4v) is 1.05. The molecule has 8 heteroatoms. The van der Waals surface area contributed by atoms with E-state index in [-0.39, 0.29) is 0 Å². The summed E-state index contributed by atoms with van der Waals surface area (Å²) in [4.78, 5) is 10.6. The highest BCUT2D eigenvalue weighted by Gasteiger charge is 2.31. The molecule has 1 rings (SSSR count). The molecule has 0 radical (unpaired) electrons. The third kappa shape index (κ3) is 2.03. The zero-order valence-electron chi connectivity index (χ0n) is 5.84. The molecule has 1 N–H and O–H groups in total. The number of hydrogen-bond acceptors (Lipinski definition) is 3. The minimum Gasteiger partial charge on any atom is -0.273 e. The Kier molecular flexibility index (Phi) is 2.18. The average Bonchev–Trinajstić information content (AvgIpc) is 2.16. The molecular weight excluding hydrogens is 195 g/mol. The van der Waals surface area contributed by atoms with Crippen molar-refractivity contribution in [3.05, 3.63) is 10.5 Å². The highest BCUT2D eigenvalue weighted by atomic mass is 32.2. The minimum absolute atomic E-state index is 0.396. The number of aromatic nitrogens is 3. The molecule has 1 heterocycles. The fraction of sp³-hybridized carbons (Fsp3) is 0.500. The lowest BCUT2D eigenvalue weighted by Crippen LogP contribution is -2.14. The molecule has 1 aromatic heterocycles. The maximum Gasteiger partial charge on any atom is 0.449 e. The van der Waals surface area contributed by atoms with Crippen LogP contribution < -0.4 is 5.69 Å². The van der Waals surface area contributed by atoms with Crippen molar-refractivity contribution in [1.82, 2.24) is 14.8 Å². The Morgan fingerprint density at radius 1 is 1.58 bits per heavy atom. The zero-order valence-corrected chi connectivity index (χ0v) is 6.66. The summed E-state index contributed by atoms with van der Waals surface area (Å²) in [5.74, 6) is 0. The first-order valence-corrected chi connectivity index (χ1v) is 3.59. The Morgan fingerprint density at radius 2 is 2.17 bits per heavy atom. The summed E-state index contributed by atoms with van der Waals surface area (Å²) in [5.41, 5.74) is -5.08. The molecule has 0 fully saturated rings. The smallest absolute Gasteiger partial charge is 0.273 e. The number of halogens is 3. The third-order valence-corrected chi connectivity index (χ3v) is 1.82. The largest absolute Gasteiger partial charge is 0.449 e. The van der Waals surface area contributed by atoms with Gasteiger partial charge in [-0.05, 0) is 0 Å². The molecule has 0 atom stereocenters. The second kappa shape index (κ2) is 2.85. The van der Waals surface area contributed by atoms with Crippen LogP contribution in [0.3, 0.4) is 0 Å². The lowest BCUT2D eigenvalue weighted by atomic mass is 11.1. The molecule has 4 nitrogen and oxygen atoms in total. The van der Waals surface area contributed by atoms with Gasteiger partial charge in [0.25, 0.3) is 0 Å². The van der Waals surface area contributed by atoms with Crippen LogP contribution in [-0.4, -0.2) is 20.3 Å². The number of H-pyrrole nitrogens is 1. The Hall–Kier alpha value is -0.920. The molecule has 1 aromatic rings. The zero-order chi connectivity index (χ0) is 9.35. The molecule has 0 unspecified atom stereocenters. The van der Waals surface area contributed by atoms with E-state index in [0.717, 1.165) is 4.57 Å². The number of rotatable bonds is 1. The molecule has 0 saturated carbocycles. The van der Waals surface area contributed by atoms with E-state index in [9.17, 15) is 18.0 Å². The van der Waals surface area contributed by atoms with Gasteiger partial charge < -0.3 is 0 Å². The van der Waals surface area contributed by atoms with Gasteiger partial charge in [-0.2, -0.15) is 13.2 Å². The number of alkyl halides is 3. The summed E-state index contributed by atoms with van der Waals surface area (Å²) in [7, 11) is 1.21. The van der Waals surface area contributed by atoms with E-state index in [0.29, 0.717) is 0 Å². The van der Waals surface area contributed by atoms with E-state index < -0.39 is 28.1 Å². The van der Waals surface area contributed by atoms with Crippen LogP contribution in [0, 0.1) is 0 Å². The van der Waals surface area contributed by atoms with Gasteiger partial charge in [0.15, 0.2) is 5.16 Å². The third-order valence-electron chi connectivity index (χ3n) is 1.05. The van der Waals surface area contributed by atoms with Crippen molar-refractivity contribution in [3.63, 3.8) is 0 Å². The number of nitrogens with zero attached hydrogens (tertiary/aromatic N) is 2. The van der Waals surface area contributed by atoms with Crippen LogP contribution in [-0.2, 0) is 7.05 Å². The van der Waals surface area contributed by atoms with Gasteiger partial charge in [-0.3, -0.25) is 4.57 Å². The second-order valence-electron chi connectivity index (χ2n) is 1.92. The van der Waals surface area contributed by atoms with Gasteiger partial charge in [0, 0.05) is 18.8 Å². The lowest BCUT2D eigenvalue weighted by molar-refractivity contribution is -0.0332. The van der Waals surface area contributed by atoms with Crippen LogP contribution >= 0.6 is 11.8 Å². The maximum absolute atomic E-state index is 11.7. The molecule has 0 aliphatic carbocycles. The summed E-state index contributed by atoms with van der Waals surface area (Å²) in [5, 5.41) is 4.67. The first kappa shape index (κ1) is 9.17. The monoisotopic (exact) mass is 199 g/mol. The Labute approximate surface area is 68.8 Å². The van der Waals surface area contributed by atoms with Crippen LogP contribution in [0.4, 0.5) is 13.2 Å². The van der Waals surface area contributed by atoms with Gasteiger partial charge in [-0.25, -0.2) is 9.89 Å². The van der Waals surface area contributed by atoms with Crippen molar-refractivity contribution < 1.29 is 13.2 Å². The van der Waals surface area contributed by atoms with Crippen LogP contribution in [0.1, 0.15) is 0 Å². The molecule has 0 aliphatic rings. The van der Waals surface area contributed by atoms with Crippen LogP contribution in [0.2, 0.25) is 0 Å². The molecular formula is C4H4F3N3OS. The number of nitrogens with one attached hydrogen (secondary N) is 1. The van der Waals surface area contributed by atoms with Crippen LogP contribution in [0.25, 0.3) is 0 Å². The van der Waals surface area contributed by atoms with Gasteiger partial charge >= 0.3 is 11.2 Å². The van der Waals surface area contributed by atoms with Crippen LogP contribution in [0.15, 0.2) is 9.95 Å². The average molecular weight is 199 g/mol. The molecule has 0 aromatic carbocycles. The molecule has 68 valence electrons. The maximum atomic E-state index is 11.7. The van der Waals surface area contributed by atoms with Gasteiger partial charge in [0.05, 0.1) is 0 Å². The predicted molar refractivity (Wildman–Crippen MR) is 35.7 cm³/mol. The van der Waals surface area contributed by atoms with Gasteiger partial charge in [-0.15, -0.1) is 5.10 Å². The Balaban J connectivity index is 2.91. The summed E-state index contributed by atoms with van der Waals surface area (Å²) in [6.45, 7) is 0.